The van der Waals surface area contributed by atoms with Crippen molar-refractivity contribution in [3.8, 4) is 0 Å². The predicted octanol–water partition coefficient (Wildman–Crippen LogP) is -2.07. The van der Waals surface area contributed by atoms with Gasteiger partial charge in [0.05, 0.1) is 39.6 Å². The third-order valence-corrected chi connectivity index (χ3v) is 0.843. The van der Waals surface area contributed by atoms with Crippen molar-refractivity contribution in [1.82, 2.24) is 0 Å². The zero-order valence-corrected chi connectivity index (χ0v) is 7.56. The molecule has 0 aromatic carbocycles. The number of aliphatic hydroxyl groups excluding tert-OH is 3. The normalized spacial score (nSPS) is 9.23. The van der Waals surface area contributed by atoms with E-state index in [0.29, 0.717) is 26.4 Å². The molecule has 0 spiro atoms. The van der Waals surface area contributed by atoms with Gasteiger partial charge in [0.1, 0.15) is 6.79 Å². The lowest BCUT2D eigenvalue weighted by molar-refractivity contribution is 0.0222. The molecule has 0 aromatic heterocycles. The van der Waals surface area contributed by atoms with Gasteiger partial charge >= 0.3 is 0 Å². The molecule has 0 aliphatic carbocycles. The zero-order chi connectivity index (χ0) is 10.4. The van der Waals surface area contributed by atoms with Crippen molar-refractivity contribution in [3.63, 3.8) is 0 Å². The highest BCUT2D eigenvalue weighted by molar-refractivity contribution is 4.30. The van der Waals surface area contributed by atoms with E-state index in [-0.39, 0.29) is 13.2 Å². The van der Waals surface area contributed by atoms with E-state index < -0.39 is 6.79 Å². The first kappa shape index (κ1) is 15.2. The first-order valence-electron chi connectivity index (χ1n) is 3.92. The van der Waals surface area contributed by atoms with Gasteiger partial charge in [-0.15, -0.1) is 0 Å². The monoisotopic (exact) mass is 198 g/mol. The van der Waals surface area contributed by atoms with Gasteiger partial charge in [-0.1, -0.05) is 0 Å². The van der Waals surface area contributed by atoms with Crippen LogP contribution in [0.5, 0.6) is 0 Å². The first-order valence-corrected chi connectivity index (χ1v) is 3.92. The van der Waals surface area contributed by atoms with E-state index in [1.807, 2.05) is 0 Å². The van der Waals surface area contributed by atoms with E-state index in [4.69, 9.17) is 29.9 Å². The maximum atomic E-state index is 8.26. The Balaban J connectivity index is 0. The predicted molar refractivity (Wildman–Crippen MR) is 45.1 cm³/mol. The largest absolute Gasteiger partial charge is 0.394 e. The molecule has 0 fully saturated rings. The number of rotatable bonds is 7. The molecule has 0 aliphatic rings. The van der Waals surface area contributed by atoms with Crippen LogP contribution in [0.25, 0.3) is 0 Å². The molecule has 0 aromatic rings. The average molecular weight is 198 g/mol. The van der Waals surface area contributed by atoms with Gasteiger partial charge < -0.3 is 29.9 Å². The fraction of sp³-hybridized carbons (Fsp3) is 1.00. The Morgan fingerprint density at radius 1 is 0.615 bits per heavy atom. The summed E-state index contributed by atoms with van der Waals surface area (Å²) in [6, 6.07) is 0. The van der Waals surface area contributed by atoms with Gasteiger partial charge in [0.25, 0.3) is 0 Å². The molecule has 82 valence electrons. The minimum Gasteiger partial charge on any atom is -0.394 e. The van der Waals surface area contributed by atoms with Crippen molar-refractivity contribution < 1.29 is 29.9 Å². The molecular formula is C7H18O6. The Bertz CT molecular complexity index is 62.0. The van der Waals surface area contributed by atoms with E-state index >= 15 is 0 Å². The number of hydrogen-bond donors (Lipinski definition) is 4. The summed E-state index contributed by atoms with van der Waals surface area (Å²) in [7, 11) is 0. The lowest BCUT2D eigenvalue weighted by atomic mass is 10.7. The Kier molecular flexibility index (Phi) is 20.8. The second-order valence-corrected chi connectivity index (χ2v) is 1.81. The van der Waals surface area contributed by atoms with Gasteiger partial charge in [-0.25, -0.2) is 0 Å². The second-order valence-electron chi connectivity index (χ2n) is 1.81. The Morgan fingerprint density at radius 3 is 1.15 bits per heavy atom. The molecule has 4 N–H and O–H groups in total. The Morgan fingerprint density at radius 2 is 0.923 bits per heavy atom. The molecule has 0 radical (unpaired) electrons. The van der Waals surface area contributed by atoms with E-state index in [1.165, 1.54) is 0 Å². The van der Waals surface area contributed by atoms with Gasteiger partial charge in [-0.3, -0.25) is 0 Å². The minimum absolute atomic E-state index is 0.0417. The van der Waals surface area contributed by atoms with Crippen LogP contribution < -0.4 is 0 Å². The molecule has 6 nitrogen and oxygen atoms in total. The molecule has 0 heterocycles. The second kappa shape index (κ2) is 17.7. The highest BCUT2D eigenvalue weighted by Crippen LogP contribution is 1.76. The third kappa shape index (κ3) is 24.5. The van der Waals surface area contributed by atoms with Gasteiger partial charge in [0, 0.05) is 0 Å². The number of ether oxygens (including phenoxy) is 2. The number of aliphatic hydroxyl groups is 4. The molecule has 0 amide bonds. The summed E-state index contributed by atoms with van der Waals surface area (Å²) in [5.41, 5.74) is 0. The summed E-state index contributed by atoms with van der Waals surface area (Å²) < 4.78 is 9.75. The molecule has 0 unspecified atom stereocenters. The van der Waals surface area contributed by atoms with Crippen LogP contribution in [0.3, 0.4) is 0 Å². The molecule has 0 aliphatic heterocycles. The van der Waals surface area contributed by atoms with Crippen LogP contribution in [0.15, 0.2) is 0 Å². The quantitative estimate of drug-likeness (QED) is 0.277. The zero-order valence-electron chi connectivity index (χ0n) is 7.56. The van der Waals surface area contributed by atoms with E-state index in [1.54, 1.807) is 0 Å². The number of hydrogen-bond acceptors (Lipinski definition) is 6. The SMILES string of the molecule is OCCOCCOCCO.OCO. The molecule has 0 saturated heterocycles. The van der Waals surface area contributed by atoms with Gasteiger partial charge in [0.2, 0.25) is 0 Å². The maximum Gasteiger partial charge on any atom is 0.140 e. The third-order valence-electron chi connectivity index (χ3n) is 0.843. The lowest BCUT2D eigenvalue weighted by Crippen LogP contribution is -2.09. The first-order chi connectivity index (χ1) is 6.33. The summed E-state index contributed by atoms with van der Waals surface area (Å²) in [4.78, 5) is 0. The fourth-order valence-electron chi connectivity index (χ4n) is 0.451. The maximum absolute atomic E-state index is 8.26. The molecule has 0 saturated carbocycles. The molecule has 6 heteroatoms. The highest BCUT2D eigenvalue weighted by Gasteiger charge is 1.86. The van der Waals surface area contributed by atoms with E-state index in [9.17, 15) is 0 Å². The fourth-order valence-corrected chi connectivity index (χ4v) is 0.451. The molecule has 0 bridgehead atoms. The van der Waals surface area contributed by atoms with Crippen LogP contribution in [0.1, 0.15) is 0 Å². The van der Waals surface area contributed by atoms with Crippen LogP contribution in [0.2, 0.25) is 0 Å². The van der Waals surface area contributed by atoms with Crippen LogP contribution in [-0.4, -0.2) is 66.9 Å². The van der Waals surface area contributed by atoms with Crippen LogP contribution in [0.4, 0.5) is 0 Å². The van der Waals surface area contributed by atoms with Crippen molar-refractivity contribution in [2.45, 2.75) is 0 Å². The van der Waals surface area contributed by atoms with Crippen molar-refractivity contribution in [3.05, 3.63) is 0 Å². The molecular weight excluding hydrogens is 180 g/mol. The van der Waals surface area contributed by atoms with Crippen LogP contribution >= 0.6 is 0 Å². The average Bonchev–Trinajstić information content (AvgIpc) is 2.13. The van der Waals surface area contributed by atoms with Crippen LogP contribution in [0, 0.1) is 0 Å². The highest BCUT2D eigenvalue weighted by atomic mass is 16.5. The topological polar surface area (TPSA) is 99.4 Å². The molecule has 0 atom stereocenters. The van der Waals surface area contributed by atoms with Crippen molar-refractivity contribution >= 4 is 0 Å². The summed E-state index contributed by atoms with van der Waals surface area (Å²) in [6.07, 6.45) is 0. The minimum atomic E-state index is -0.750. The summed E-state index contributed by atoms with van der Waals surface area (Å²) >= 11 is 0. The van der Waals surface area contributed by atoms with Gasteiger partial charge in [-0.05, 0) is 0 Å². The summed E-state index contributed by atoms with van der Waals surface area (Å²) in [5.74, 6) is 0. The smallest absolute Gasteiger partial charge is 0.140 e. The van der Waals surface area contributed by atoms with E-state index in [2.05, 4.69) is 0 Å². The molecule has 0 rings (SSSR count). The summed E-state index contributed by atoms with van der Waals surface area (Å²) in [6.45, 7) is 0.978. The Labute approximate surface area is 77.3 Å². The van der Waals surface area contributed by atoms with E-state index in [0.717, 1.165) is 0 Å². The lowest BCUT2D eigenvalue weighted by Gasteiger charge is -2.01. The molecule has 13 heavy (non-hydrogen) atoms. The van der Waals surface area contributed by atoms with Crippen molar-refractivity contribution in [1.29, 1.82) is 0 Å². The van der Waals surface area contributed by atoms with Crippen molar-refractivity contribution in [2.24, 2.45) is 0 Å². The van der Waals surface area contributed by atoms with Gasteiger partial charge in [-0.2, -0.15) is 0 Å². The summed E-state index contributed by atoms with van der Waals surface area (Å²) in [5, 5.41) is 30.8. The van der Waals surface area contributed by atoms with Crippen molar-refractivity contribution in [2.75, 3.05) is 46.4 Å². The Hall–Kier alpha value is -0.240. The standard InChI is InChI=1S/C6H14O4.CH4O2/c7-1-3-9-5-6-10-4-2-8;2-1-3/h7-8H,1-6H2;2-3H,1H2. The van der Waals surface area contributed by atoms with Gasteiger partial charge in [0.15, 0.2) is 0 Å². The van der Waals surface area contributed by atoms with Crippen LogP contribution in [-0.2, 0) is 9.47 Å².